The van der Waals surface area contributed by atoms with Crippen molar-refractivity contribution in [3.05, 3.63) is 95.3 Å². The van der Waals surface area contributed by atoms with Gasteiger partial charge < -0.3 is 14.7 Å². The number of anilines is 2. The second-order valence-electron chi connectivity index (χ2n) is 8.99. The van der Waals surface area contributed by atoms with Crippen LogP contribution in [0.1, 0.15) is 36.4 Å². The number of hydrogen-bond acceptors (Lipinski definition) is 5. The Bertz CT molecular complexity index is 1310. The standard InChI is InChI=1S/C29H27FN2O4/c1-36-24-15-10-20(30)18-23(24)27(33)25-26(19-8-4-2-5-9-19)32(29(35)28(25)34)22-13-11-21(12-14-22)31-16-6-3-7-17-31/h2,4-5,8-15,18,26,33H,3,6-7,16-17H2,1H3/b27-25+. The number of aliphatic hydroxyl groups excluding tert-OH is 1. The molecular formula is C29H27FN2O4. The van der Waals surface area contributed by atoms with Crippen molar-refractivity contribution in [2.75, 3.05) is 30.0 Å². The van der Waals surface area contributed by atoms with Crippen LogP contribution in [0.5, 0.6) is 5.75 Å². The summed E-state index contributed by atoms with van der Waals surface area (Å²) in [5.41, 5.74) is 2.15. The van der Waals surface area contributed by atoms with Crippen LogP contribution < -0.4 is 14.5 Å². The highest BCUT2D eigenvalue weighted by atomic mass is 19.1. The predicted molar refractivity (Wildman–Crippen MR) is 137 cm³/mol. The highest BCUT2D eigenvalue weighted by molar-refractivity contribution is 6.51. The molecule has 3 aromatic rings. The normalized spacial score (nSPS) is 19.6. The molecule has 36 heavy (non-hydrogen) atoms. The Labute approximate surface area is 209 Å². The molecule has 1 N–H and O–H groups in total. The van der Waals surface area contributed by atoms with Crippen molar-refractivity contribution >= 4 is 28.8 Å². The maximum atomic E-state index is 14.1. The zero-order valence-electron chi connectivity index (χ0n) is 20.0. The zero-order chi connectivity index (χ0) is 25.2. The van der Waals surface area contributed by atoms with E-state index < -0.39 is 29.3 Å². The molecule has 0 saturated carbocycles. The molecule has 0 aromatic heterocycles. The van der Waals surface area contributed by atoms with Gasteiger partial charge >= 0.3 is 0 Å². The number of carbonyl (C=O) groups is 2. The largest absolute Gasteiger partial charge is 0.507 e. The van der Waals surface area contributed by atoms with Crippen LogP contribution in [-0.2, 0) is 9.59 Å². The zero-order valence-corrected chi connectivity index (χ0v) is 20.0. The molecule has 6 nitrogen and oxygen atoms in total. The summed E-state index contributed by atoms with van der Waals surface area (Å²) < 4.78 is 19.4. The molecule has 1 amide bonds. The van der Waals surface area contributed by atoms with Gasteiger partial charge in [-0.3, -0.25) is 14.5 Å². The summed E-state index contributed by atoms with van der Waals surface area (Å²) in [5.74, 6) is -2.49. The van der Waals surface area contributed by atoms with Crippen LogP contribution in [0.15, 0.2) is 78.4 Å². The topological polar surface area (TPSA) is 70.1 Å². The van der Waals surface area contributed by atoms with Gasteiger partial charge in [0.25, 0.3) is 11.7 Å². The predicted octanol–water partition coefficient (Wildman–Crippen LogP) is 5.45. The lowest BCUT2D eigenvalue weighted by Crippen LogP contribution is -2.30. The van der Waals surface area contributed by atoms with Crippen LogP contribution in [0.4, 0.5) is 15.8 Å². The smallest absolute Gasteiger partial charge is 0.300 e. The Morgan fingerprint density at radius 3 is 2.25 bits per heavy atom. The van der Waals surface area contributed by atoms with Crippen LogP contribution >= 0.6 is 0 Å². The number of hydrogen-bond donors (Lipinski definition) is 1. The fourth-order valence-corrected chi connectivity index (χ4v) is 5.04. The number of ketones is 1. The molecule has 2 saturated heterocycles. The molecule has 0 aliphatic carbocycles. The third-order valence-electron chi connectivity index (χ3n) is 6.83. The molecule has 2 heterocycles. The lowest BCUT2D eigenvalue weighted by Gasteiger charge is -2.30. The summed E-state index contributed by atoms with van der Waals surface area (Å²) in [6, 6.07) is 19.4. The molecule has 0 spiro atoms. The molecular weight excluding hydrogens is 459 g/mol. The lowest BCUT2D eigenvalue weighted by molar-refractivity contribution is -0.132. The summed E-state index contributed by atoms with van der Waals surface area (Å²) >= 11 is 0. The van der Waals surface area contributed by atoms with Crippen LogP contribution in [0.3, 0.4) is 0 Å². The SMILES string of the molecule is COc1ccc(F)cc1/C(O)=C1\C(=O)C(=O)N(c2ccc(N3CCCCC3)cc2)C1c1ccccc1. The van der Waals surface area contributed by atoms with Gasteiger partial charge in [0, 0.05) is 24.5 Å². The maximum absolute atomic E-state index is 14.1. The molecule has 0 bridgehead atoms. The molecule has 2 aliphatic heterocycles. The number of methoxy groups -OCH3 is 1. The van der Waals surface area contributed by atoms with E-state index in [1.807, 2.05) is 30.3 Å². The van der Waals surface area contributed by atoms with E-state index in [1.165, 1.54) is 30.6 Å². The maximum Gasteiger partial charge on any atom is 0.300 e. The number of amides is 1. The van der Waals surface area contributed by atoms with Crippen LogP contribution in [-0.4, -0.2) is 37.0 Å². The van der Waals surface area contributed by atoms with E-state index in [4.69, 9.17) is 4.74 Å². The van der Waals surface area contributed by atoms with E-state index in [2.05, 4.69) is 4.90 Å². The van der Waals surface area contributed by atoms with Gasteiger partial charge in [0.2, 0.25) is 0 Å². The van der Waals surface area contributed by atoms with E-state index in [1.54, 1.807) is 24.3 Å². The third kappa shape index (κ3) is 4.21. The van der Waals surface area contributed by atoms with Crippen molar-refractivity contribution < 1.29 is 23.8 Å². The minimum atomic E-state index is -0.889. The molecule has 184 valence electrons. The number of carbonyl (C=O) groups excluding carboxylic acids is 2. The van der Waals surface area contributed by atoms with E-state index in [0.29, 0.717) is 11.3 Å². The van der Waals surface area contributed by atoms with Crippen LogP contribution in [0, 0.1) is 5.82 Å². The number of Topliss-reactive ketones (excluding diaryl/α,β-unsaturated/α-hetero) is 1. The van der Waals surface area contributed by atoms with Crippen LogP contribution in [0.2, 0.25) is 0 Å². The fourth-order valence-electron chi connectivity index (χ4n) is 5.04. The highest BCUT2D eigenvalue weighted by Gasteiger charge is 2.47. The second kappa shape index (κ2) is 9.85. The first-order chi connectivity index (χ1) is 17.5. The van der Waals surface area contributed by atoms with E-state index in [9.17, 15) is 19.1 Å². The number of piperidine rings is 1. The Balaban J connectivity index is 1.62. The highest BCUT2D eigenvalue weighted by Crippen LogP contribution is 2.43. The average molecular weight is 487 g/mol. The van der Waals surface area contributed by atoms with Gasteiger partial charge in [-0.15, -0.1) is 0 Å². The number of ether oxygens (including phenoxy) is 1. The van der Waals surface area contributed by atoms with Gasteiger partial charge in [0.15, 0.2) is 0 Å². The number of rotatable bonds is 5. The number of halogens is 1. The quantitative estimate of drug-likeness (QED) is 0.295. The van der Waals surface area contributed by atoms with E-state index in [-0.39, 0.29) is 16.9 Å². The second-order valence-corrected chi connectivity index (χ2v) is 8.99. The molecule has 7 heteroatoms. The van der Waals surface area contributed by atoms with Crippen molar-refractivity contribution in [3.63, 3.8) is 0 Å². The minimum Gasteiger partial charge on any atom is -0.507 e. The number of aliphatic hydroxyl groups is 1. The van der Waals surface area contributed by atoms with Gasteiger partial charge in [0.1, 0.15) is 17.3 Å². The number of nitrogens with zero attached hydrogens (tertiary/aromatic N) is 2. The molecule has 2 aliphatic rings. The van der Waals surface area contributed by atoms with Gasteiger partial charge in [-0.2, -0.15) is 0 Å². The Hall–Kier alpha value is -4.13. The Morgan fingerprint density at radius 1 is 0.917 bits per heavy atom. The third-order valence-corrected chi connectivity index (χ3v) is 6.83. The van der Waals surface area contributed by atoms with Gasteiger partial charge in [-0.1, -0.05) is 30.3 Å². The summed E-state index contributed by atoms with van der Waals surface area (Å²) in [5, 5.41) is 11.3. The first kappa shape index (κ1) is 23.6. The fraction of sp³-hybridized carbons (Fsp3) is 0.241. The summed E-state index contributed by atoms with van der Waals surface area (Å²) in [6.45, 7) is 1.98. The van der Waals surface area contributed by atoms with Gasteiger partial charge in [-0.25, -0.2) is 4.39 Å². The summed E-state index contributed by atoms with van der Waals surface area (Å²) in [6.07, 6.45) is 3.52. The Kier molecular flexibility index (Phi) is 6.46. The van der Waals surface area contributed by atoms with Crippen LogP contribution in [0.25, 0.3) is 5.76 Å². The van der Waals surface area contributed by atoms with E-state index in [0.717, 1.165) is 37.7 Å². The van der Waals surface area contributed by atoms with Crippen molar-refractivity contribution in [1.29, 1.82) is 0 Å². The molecule has 3 aromatic carbocycles. The summed E-state index contributed by atoms with van der Waals surface area (Å²) in [4.78, 5) is 30.4. The molecule has 1 unspecified atom stereocenters. The van der Waals surface area contributed by atoms with Gasteiger partial charge in [-0.05, 0) is 67.3 Å². The Morgan fingerprint density at radius 2 is 1.58 bits per heavy atom. The minimum absolute atomic E-state index is 0.0110. The first-order valence-corrected chi connectivity index (χ1v) is 12.0. The van der Waals surface area contributed by atoms with Crippen molar-refractivity contribution in [2.45, 2.75) is 25.3 Å². The molecule has 2 fully saturated rings. The van der Waals surface area contributed by atoms with Crippen molar-refractivity contribution in [1.82, 2.24) is 0 Å². The average Bonchev–Trinajstić information content (AvgIpc) is 3.19. The number of benzene rings is 3. The lowest BCUT2D eigenvalue weighted by atomic mass is 9.95. The molecule has 0 radical (unpaired) electrons. The summed E-state index contributed by atoms with van der Waals surface area (Å²) in [7, 11) is 1.39. The van der Waals surface area contributed by atoms with E-state index >= 15 is 0 Å². The monoisotopic (exact) mass is 486 g/mol. The molecule has 5 rings (SSSR count). The van der Waals surface area contributed by atoms with Crippen molar-refractivity contribution in [3.8, 4) is 5.75 Å². The van der Waals surface area contributed by atoms with Crippen molar-refractivity contribution in [2.24, 2.45) is 0 Å². The molecule has 1 atom stereocenters. The first-order valence-electron chi connectivity index (χ1n) is 12.0. The van der Waals surface area contributed by atoms with Gasteiger partial charge in [0.05, 0.1) is 24.3 Å².